The zero-order chi connectivity index (χ0) is 26.7. The third kappa shape index (κ3) is 5.48. The van der Waals surface area contributed by atoms with E-state index < -0.39 is 12.0 Å². The maximum atomic E-state index is 13.7. The lowest BCUT2D eigenvalue weighted by molar-refractivity contribution is -0.143. The van der Waals surface area contributed by atoms with Gasteiger partial charge in [-0.1, -0.05) is 47.1 Å². The molecule has 3 aromatic rings. The number of carbonyl (C=O) groups excluding carboxylic acids is 1. The van der Waals surface area contributed by atoms with Gasteiger partial charge >= 0.3 is 5.97 Å². The summed E-state index contributed by atoms with van der Waals surface area (Å²) >= 11 is 7.35. The first-order valence-corrected chi connectivity index (χ1v) is 12.7. The summed E-state index contributed by atoms with van der Waals surface area (Å²) in [5.41, 5.74) is 1.98. The minimum Gasteiger partial charge on any atom is -0.493 e. The highest BCUT2D eigenvalue weighted by Gasteiger charge is 2.33. The van der Waals surface area contributed by atoms with Crippen LogP contribution in [0.2, 0.25) is 5.02 Å². The van der Waals surface area contributed by atoms with Gasteiger partial charge in [-0.2, -0.15) is 0 Å². The van der Waals surface area contributed by atoms with E-state index in [9.17, 15) is 9.59 Å². The molecule has 9 heteroatoms. The molecular weight excluding hydrogens is 512 g/mol. The molecule has 0 saturated carbocycles. The largest absolute Gasteiger partial charge is 0.493 e. The molecule has 0 unspecified atom stereocenters. The highest BCUT2D eigenvalue weighted by Crippen LogP contribution is 2.32. The predicted octanol–water partition coefficient (Wildman–Crippen LogP) is 3.86. The topological polar surface area (TPSA) is 79.1 Å². The van der Waals surface area contributed by atoms with Crippen molar-refractivity contribution >= 4 is 35.0 Å². The molecule has 7 nitrogen and oxygen atoms in total. The van der Waals surface area contributed by atoms with Crippen molar-refractivity contribution in [2.24, 2.45) is 4.99 Å². The Hall–Kier alpha value is -3.80. The third-order valence-corrected chi connectivity index (χ3v) is 6.80. The first-order chi connectivity index (χ1) is 17.7. The molecule has 0 fully saturated rings. The van der Waals surface area contributed by atoms with Crippen molar-refractivity contribution in [2.45, 2.75) is 32.9 Å². The lowest BCUT2D eigenvalue weighted by Gasteiger charge is -2.25. The van der Waals surface area contributed by atoms with Crippen LogP contribution < -0.4 is 24.4 Å². The van der Waals surface area contributed by atoms with Crippen LogP contribution in [0.1, 0.15) is 37.9 Å². The molecule has 0 saturated heterocycles. The summed E-state index contributed by atoms with van der Waals surface area (Å²) in [5, 5.41) is 0.548. The highest BCUT2D eigenvalue weighted by molar-refractivity contribution is 7.07. The van der Waals surface area contributed by atoms with Gasteiger partial charge < -0.3 is 14.2 Å². The Morgan fingerprint density at radius 1 is 1.24 bits per heavy atom. The van der Waals surface area contributed by atoms with Gasteiger partial charge in [-0.25, -0.2) is 9.79 Å². The molecule has 1 aliphatic heterocycles. The van der Waals surface area contributed by atoms with Crippen molar-refractivity contribution in [3.63, 3.8) is 0 Å². The maximum Gasteiger partial charge on any atom is 0.338 e. The second kappa shape index (κ2) is 11.1. The van der Waals surface area contributed by atoms with Crippen LogP contribution in [-0.2, 0) is 9.53 Å². The summed E-state index contributed by atoms with van der Waals surface area (Å²) in [7, 11) is 1.53. The molecule has 0 aliphatic carbocycles. The van der Waals surface area contributed by atoms with Crippen LogP contribution in [-0.4, -0.2) is 30.4 Å². The zero-order valence-electron chi connectivity index (χ0n) is 20.8. The molecule has 190 valence electrons. The van der Waals surface area contributed by atoms with Crippen molar-refractivity contribution in [2.75, 3.05) is 13.7 Å². The minimum atomic E-state index is -0.712. The van der Waals surface area contributed by atoms with Gasteiger partial charge in [0.05, 0.1) is 35.1 Å². The van der Waals surface area contributed by atoms with Gasteiger partial charge in [0.1, 0.15) is 6.61 Å². The number of terminal acetylenes is 1. The molecule has 2 aromatic carbocycles. The lowest BCUT2D eigenvalue weighted by Crippen LogP contribution is -2.40. The van der Waals surface area contributed by atoms with Crippen molar-refractivity contribution < 1.29 is 19.0 Å². The van der Waals surface area contributed by atoms with Gasteiger partial charge in [-0.3, -0.25) is 9.36 Å². The third-order valence-electron chi connectivity index (χ3n) is 5.57. The number of hydrogen-bond acceptors (Lipinski definition) is 7. The Bertz CT molecular complexity index is 1590. The number of aromatic nitrogens is 1. The number of hydrogen-bond donors (Lipinski definition) is 0. The van der Waals surface area contributed by atoms with Crippen molar-refractivity contribution in [1.82, 2.24) is 4.57 Å². The number of methoxy groups -OCH3 is 1. The molecule has 1 aromatic heterocycles. The number of benzene rings is 2. The fourth-order valence-corrected chi connectivity index (χ4v) is 5.16. The molecule has 0 radical (unpaired) electrons. The lowest BCUT2D eigenvalue weighted by atomic mass is 9.96. The molecule has 0 N–H and O–H groups in total. The minimum absolute atomic E-state index is 0.111. The molecule has 0 bridgehead atoms. The molecule has 1 atom stereocenters. The fraction of sp³-hybridized carbons (Fsp3) is 0.250. The highest BCUT2D eigenvalue weighted by atomic mass is 35.5. The van der Waals surface area contributed by atoms with E-state index in [4.69, 9.17) is 32.2 Å². The standard InChI is InChI=1S/C28H25ClN2O5S/c1-6-13-35-21-12-7-18(14-22(21)34-5)15-23-26(32)31-25(19-8-10-20(29)11-9-19)24(27(33)36-16(2)3)17(4)30-28(31)37-23/h1,7-12,14-16,25H,13H2,2-5H3/b23-15-/t25-/m0/s1. The number of esters is 1. The van der Waals surface area contributed by atoms with Crippen molar-refractivity contribution in [1.29, 1.82) is 0 Å². The number of halogens is 1. The van der Waals surface area contributed by atoms with E-state index in [0.29, 0.717) is 37.1 Å². The van der Waals surface area contributed by atoms with E-state index >= 15 is 0 Å². The maximum absolute atomic E-state index is 13.7. The van der Waals surface area contributed by atoms with Crippen LogP contribution in [0, 0.1) is 12.3 Å². The Morgan fingerprint density at radius 3 is 2.62 bits per heavy atom. The summed E-state index contributed by atoms with van der Waals surface area (Å²) < 4.78 is 18.4. The van der Waals surface area contributed by atoms with E-state index in [1.165, 1.54) is 23.0 Å². The van der Waals surface area contributed by atoms with E-state index in [0.717, 1.165) is 11.1 Å². The van der Waals surface area contributed by atoms with Gasteiger partial charge in [0.25, 0.3) is 5.56 Å². The van der Waals surface area contributed by atoms with Gasteiger partial charge in [0.2, 0.25) is 0 Å². The SMILES string of the molecule is C#CCOc1ccc(/C=c2\sc3n(c2=O)[C@@H](c2ccc(Cl)cc2)C(C(=O)OC(C)C)=C(C)N=3)cc1OC. The Kier molecular flexibility index (Phi) is 7.86. The van der Waals surface area contributed by atoms with Crippen molar-refractivity contribution in [3.05, 3.63) is 89.6 Å². The van der Waals surface area contributed by atoms with Gasteiger partial charge in [0, 0.05) is 5.02 Å². The Balaban J connectivity index is 1.87. The molecule has 4 rings (SSSR count). The second-order valence-corrected chi connectivity index (χ2v) is 9.94. The molecule has 0 amide bonds. The number of ether oxygens (including phenoxy) is 3. The van der Waals surface area contributed by atoms with Crippen LogP contribution in [0.5, 0.6) is 11.5 Å². The van der Waals surface area contributed by atoms with Gasteiger partial charge in [-0.05, 0) is 62.2 Å². The monoisotopic (exact) mass is 536 g/mol. The van der Waals surface area contributed by atoms with E-state index in [1.54, 1.807) is 69.3 Å². The molecule has 1 aliphatic rings. The molecule has 37 heavy (non-hydrogen) atoms. The fourth-order valence-electron chi connectivity index (χ4n) is 3.98. The van der Waals surface area contributed by atoms with Crippen LogP contribution in [0.25, 0.3) is 6.08 Å². The van der Waals surface area contributed by atoms with E-state index in [-0.39, 0.29) is 18.3 Å². The number of nitrogens with zero attached hydrogens (tertiary/aromatic N) is 2. The average molecular weight is 537 g/mol. The number of rotatable bonds is 7. The van der Waals surface area contributed by atoms with Crippen LogP contribution in [0.15, 0.2) is 63.5 Å². The van der Waals surface area contributed by atoms with Gasteiger partial charge in [0.15, 0.2) is 16.3 Å². The molecule has 0 spiro atoms. The molecular formula is C28H25ClN2O5S. The summed E-state index contributed by atoms with van der Waals surface area (Å²) in [5.74, 6) is 2.90. The number of fused-ring (bicyclic) bond motifs is 1. The summed E-state index contributed by atoms with van der Waals surface area (Å²) in [6.45, 7) is 5.41. The predicted molar refractivity (Wildman–Crippen MR) is 144 cm³/mol. The average Bonchev–Trinajstić information content (AvgIpc) is 3.16. The number of carbonyl (C=O) groups is 1. The zero-order valence-corrected chi connectivity index (χ0v) is 22.4. The number of allylic oxidation sites excluding steroid dienone is 1. The summed E-state index contributed by atoms with van der Waals surface area (Å²) in [4.78, 5) is 32.0. The second-order valence-electron chi connectivity index (χ2n) is 8.49. The number of thiazole rings is 1. The van der Waals surface area contributed by atoms with Crippen molar-refractivity contribution in [3.8, 4) is 23.8 Å². The van der Waals surface area contributed by atoms with E-state index in [2.05, 4.69) is 10.9 Å². The van der Waals surface area contributed by atoms with Crippen LogP contribution in [0.3, 0.4) is 0 Å². The van der Waals surface area contributed by atoms with Crippen LogP contribution >= 0.6 is 22.9 Å². The quantitative estimate of drug-likeness (QED) is 0.338. The van der Waals surface area contributed by atoms with E-state index in [1.807, 2.05) is 0 Å². The normalized spacial score (nSPS) is 15.2. The smallest absolute Gasteiger partial charge is 0.338 e. The Morgan fingerprint density at radius 2 is 1.97 bits per heavy atom. The first-order valence-electron chi connectivity index (χ1n) is 11.5. The van der Waals surface area contributed by atoms with Crippen LogP contribution in [0.4, 0.5) is 0 Å². The Labute approximate surface area is 223 Å². The summed E-state index contributed by atoms with van der Waals surface area (Å²) in [6, 6.07) is 11.6. The first kappa shape index (κ1) is 26.3. The van der Waals surface area contributed by atoms with Gasteiger partial charge in [-0.15, -0.1) is 6.42 Å². The summed E-state index contributed by atoms with van der Waals surface area (Å²) in [6.07, 6.45) is 6.71. The molecule has 2 heterocycles.